The molecule has 0 aromatic rings. The molecule has 0 aromatic carbocycles. The smallest absolute Gasteiger partial charge is 0.227 e. The first-order valence-corrected chi connectivity index (χ1v) is 6.78. The van der Waals surface area contributed by atoms with Crippen LogP contribution in [0.1, 0.15) is 44.9 Å². The number of rotatable bonds is 2. The molecule has 0 radical (unpaired) electrons. The number of fused-ring (bicyclic) bond motifs is 2. The van der Waals surface area contributed by atoms with Crippen molar-refractivity contribution in [2.45, 2.75) is 63.1 Å². The van der Waals surface area contributed by atoms with Crippen molar-refractivity contribution in [3.63, 3.8) is 0 Å². The van der Waals surface area contributed by atoms with E-state index in [-0.39, 0.29) is 5.92 Å². The van der Waals surface area contributed by atoms with E-state index in [4.69, 9.17) is 0 Å². The normalized spacial score (nSPS) is 38.2. The minimum absolute atomic E-state index is 0.282. The van der Waals surface area contributed by atoms with Gasteiger partial charge in [0.15, 0.2) is 0 Å². The van der Waals surface area contributed by atoms with Crippen LogP contribution in [0.5, 0.6) is 0 Å². The summed E-state index contributed by atoms with van der Waals surface area (Å²) in [6.45, 7) is 0. The molecule has 2 bridgehead atoms. The zero-order valence-corrected chi connectivity index (χ0v) is 10.1. The molecular weight excluding hydrogens is 200 g/mol. The fraction of sp³-hybridized carbons (Fsp3) is 0.923. The first-order chi connectivity index (χ1) is 7.75. The molecule has 16 heavy (non-hydrogen) atoms. The molecule has 3 rings (SSSR count). The zero-order chi connectivity index (χ0) is 11.1. The van der Waals surface area contributed by atoms with Gasteiger partial charge < -0.3 is 10.2 Å². The van der Waals surface area contributed by atoms with E-state index in [0.29, 0.717) is 24.0 Å². The van der Waals surface area contributed by atoms with Crippen molar-refractivity contribution >= 4 is 5.91 Å². The summed E-state index contributed by atoms with van der Waals surface area (Å²) in [7, 11) is 2.02. The topological polar surface area (TPSA) is 32.3 Å². The molecule has 3 unspecified atom stereocenters. The van der Waals surface area contributed by atoms with Crippen LogP contribution in [0.25, 0.3) is 0 Å². The predicted molar refractivity (Wildman–Crippen MR) is 63.1 cm³/mol. The standard InChI is InChI=1S/C13H22N2O/c1-15(10-4-2-3-5-10)13(16)11-8-9-6-7-12(11)14-9/h9-12,14H,2-8H2,1H3. The summed E-state index contributed by atoms with van der Waals surface area (Å²) in [4.78, 5) is 14.5. The number of nitrogens with one attached hydrogen (secondary N) is 1. The number of hydrogen-bond acceptors (Lipinski definition) is 2. The fourth-order valence-corrected chi connectivity index (χ4v) is 3.83. The van der Waals surface area contributed by atoms with Crippen molar-refractivity contribution in [2.75, 3.05) is 7.05 Å². The van der Waals surface area contributed by atoms with E-state index in [1.54, 1.807) is 0 Å². The van der Waals surface area contributed by atoms with Gasteiger partial charge in [0.05, 0.1) is 5.92 Å². The van der Waals surface area contributed by atoms with Gasteiger partial charge in [-0.25, -0.2) is 0 Å². The molecule has 0 spiro atoms. The highest BCUT2D eigenvalue weighted by Gasteiger charge is 2.44. The van der Waals surface area contributed by atoms with Gasteiger partial charge in [-0.05, 0) is 32.1 Å². The average Bonchev–Trinajstić information content (AvgIpc) is 3.02. The lowest BCUT2D eigenvalue weighted by atomic mass is 9.88. The van der Waals surface area contributed by atoms with Gasteiger partial charge in [0, 0.05) is 25.2 Å². The highest BCUT2D eigenvalue weighted by molar-refractivity contribution is 5.80. The molecule has 1 saturated carbocycles. The summed E-state index contributed by atoms with van der Waals surface area (Å²) in [6.07, 6.45) is 8.61. The summed E-state index contributed by atoms with van der Waals surface area (Å²) in [5.41, 5.74) is 0. The van der Waals surface area contributed by atoms with Crippen molar-refractivity contribution in [1.29, 1.82) is 0 Å². The van der Waals surface area contributed by atoms with E-state index in [1.807, 2.05) is 7.05 Å². The third-order valence-corrected chi connectivity index (χ3v) is 4.84. The number of carbonyl (C=O) groups is 1. The van der Waals surface area contributed by atoms with Gasteiger partial charge in [0.25, 0.3) is 0 Å². The van der Waals surface area contributed by atoms with E-state index in [9.17, 15) is 4.79 Å². The molecule has 3 fully saturated rings. The monoisotopic (exact) mass is 222 g/mol. The van der Waals surface area contributed by atoms with Crippen LogP contribution in [0.4, 0.5) is 0 Å². The number of nitrogens with zero attached hydrogens (tertiary/aromatic N) is 1. The highest BCUT2D eigenvalue weighted by atomic mass is 16.2. The molecule has 0 aromatic heterocycles. The van der Waals surface area contributed by atoms with Crippen molar-refractivity contribution in [3.8, 4) is 0 Å². The van der Waals surface area contributed by atoms with Crippen molar-refractivity contribution in [2.24, 2.45) is 5.92 Å². The lowest BCUT2D eigenvalue weighted by molar-refractivity contribution is -0.136. The maximum absolute atomic E-state index is 12.4. The molecule has 90 valence electrons. The molecule has 2 aliphatic heterocycles. The Kier molecular flexibility index (Phi) is 2.66. The van der Waals surface area contributed by atoms with Crippen LogP contribution in [-0.4, -0.2) is 36.0 Å². The Bertz CT molecular complexity index is 286. The van der Waals surface area contributed by atoms with Crippen molar-refractivity contribution in [3.05, 3.63) is 0 Å². The Hall–Kier alpha value is -0.570. The average molecular weight is 222 g/mol. The van der Waals surface area contributed by atoms with Crippen LogP contribution in [-0.2, 0) is 4.79 Å². The molecule has 1 aliphatic carbocycles. The van der Waals surface area contributed by atoms with Crippen LogP contribution in [0, 0.1) is 5.92 Å². The Morgan fingerprint density at radius 2 is 1.94 bits per heavy atom. The first kappa shape index (κ1) is 10.6. The highest BCUT2D eigenvalue weighted by Crippen LogP contribution is 2.35. The second-order valence-corrected chi connectivity index (χ2v) is 5.78. The van der Waals surface area contributed by atoms with Gasteiger partial charge in [-0.3, -0.25) is 4.79 Å². The molecule has 1 N–H and O–H groups in total. The van der Waals surface area contributed by atoms with Gasteiger partial charge in [0.1, 0.15) is 0 Å². The second kappa shape index (κ2) is 4.02. The quantitative estimate of drug-likeness (QED) is 0.768. The van der Waals surface area contributed by atoms with Crippen LogP contribution in [0.15, 0.2) is 0 Å². The Balaban J connectivity index is 1.63. The van der Waals surface area contributed by atoms with Gasteiger partial charge in [-0.2, -0.15) is 0 Å². The summed E-state index contributed by atoms with van der Waals surface area (Å²) < 4.78 is 0. The Labute approximate surface area is 97.6 Å². The van der Waals surface area contributed by atoms with E-state index in [1.165, 1.54) is 38.5 Å². The molecule has 3 nitrogen and oxygen atoms in total. The van der Waals surface area contributed by atoms with Gasteiger partial charge in [0.2, 0.25) is 5.91 Å². The summed E-state index contributed by atoms with van der Waals surface area (Å²) in [6, 6.07) is 1.66. The zero-order valence-electron chi connectivity index (χ0n) is 10.1. The number of amides is 1. The van der Waals surface area contributed by atoms with Crippen molar-refractivity contribution in [1.82, 2.24) is 10.2 Å². The van der Waals surface area contributed by atoms with Crippen LogP contribution < -0.4 is 5.32 Å². The van der Waals surface area contributed by atoms with E-state index >= 15 is 0 Å². The largest absolute Gasteiger partial charge is 0.342 e. The summed E-state index contributed by atoms with van der Waals surface area (Å²) >= 11 is 0. The van der Waals surface area contributed by atoms with Gasteiger partial charge in [-0.1, -0.05) is 12.8 Å². The molecule has 3 aliphatic rings. The minimum atomic E-state index is 0.282. The maximum atomic E-state index is 12.4. The summed E-state index contributed by atoms with van der Waals surface area (Å²) in [5.74, 6) is 0.691. The first-order valence-electron chi connectivity index (χ1n) is 6.78. The van der Waals surface area contributed by atoms with Crippen LogP contribution in [0.2, 0.25) is 0 Å². The van der Waals surface area contributed by atoms with Crippen molar-refractivity contribution < 1.29 is 4.79 Å². The van der Waals surface area contributed by atoms with Gasteiger partial charge in [-0.15, -0.1) is 0 Å². The molecule has 3 atom stereocenters. The number of hydrogen-bond donors (Lipinski definition) is 1. The molecule has 3 heteroatoms. The maximum Gasteiger partial charge on any atom is 0.227 e. The van der Waals surface area contributed by atoms with E-state index in [2.05, 4.69) is 10.2 Å². The lowest BCUT2D eigenvalue weighted by Gasteiger charge is -2.30. The Morgan fingerprint density at radius 3 is 2.50 bits per heavy atom. The SMILES string of the molecule is CN(C(=O)C1CC2CCC1N2)C1CCCC1. The third kappa shape index (κ3) is 1.65. The van der Waals surface area contributed by atoms with Crippen LogP contribution >= 0.6 is 0 Å². The van der Waals surface area contributed by atoms with Gasteiger partial charge >= 0.3 is 0 Å². The minimum Gasteiger partial charge on any atom is -0.342 e. The molecule has 2 heterocycles. The fourth-order valence-electron chi connectivity index (χ4n) is 3.83. The van der Waals surface area contributed by atoms with Crippen LogP contribution in [0.3, 0.4) is 0 Å². The van der Waals surface area contributed by atoms with E-state index < -0.39 is 0 Å². The third-order valence-electron chi connectivity index (χ3n) is 4.84. The molecule has 2 saturated heterocycles. The second-order valence-electron chi connectivity index (χ2n) is 5.78. The lowest BCUT2D eigenvalue weighted by Crippen LogP contribution is -2.43. The molecule has 1 amide bonds. The Morgan fingerprint density at radius 1 is 1.19 bits per heavy atom. The number of carbonyl (C=O) groups excluding carboxylic acids is 1. The summed E-state index contributed by atoms with van der Waals surface area (Å²) in [5, 5.41) is 3.56. The molecular formula is C13H22N2O. The predicted octanol–water partition coefficient (Wildman–Crippen LogP) is 1.53. The van der Waals surface area contributed by atoms with E-state index in [0.717, 1.165) is 6.42 Å².